The van der Waals surface area contributed by atoms with Crippen LogP contribution in [-0.4, -0.2) is 70.0 Å². The second-order valence-corrected chi connectivity index (χ2v) is 8.26. The zero-order valence-corrected chi connectivity index (χ0v) is 20.2. The van der Waals surface area contributed by atoms with Gasteiger partial charge in [0.15, 0.2) is 0 Å². The van der Waals surface area contributed by atoms with Crippen molar-refractivity contribution in [3.05, 3.63) is 52.6 Å². The number of halogens is 2. The van der Waals surface area contributed by atoms with Crippen molar-refractivity contribution >= 4 is 23.6 Å². The van der Waals surface area contributed by atoms with Gasteiger partial charge in [0, 0.05) is 31.7 Å². The van der Waals surface area contributed by atoms with Gasteiger partial charge in [-0.3, -0.25) is 4.79 Å². The van der Waals surface area contributed by atoms with Crippen molar-refractivity contribution in [3.8, 4) is 0 Å². The lowest BCUT2D eigenvalue weighted by molar-refractivity contribution is 0.0502. The van der Waals surface area contributed by atoms with E-state index in [0.717, 1.165) is 18.6 Å². The minimum Gasteiger partial charge on any atom is -0.462 e. The maximum absolute atomic E-state index is 13.9. The molecule has 2 aromatic rings. The molecule has 3 rings (SSSR count). The van der Waals surface area contributed by atoms with Gasteiger partial charge in [-0.1, -0.05) is 13.3 Å². The van der Waals surface area contributed by atoms with E-state index in [9.17, 15) is 23.2 Å². The van der Waals surface area contributed by atoms with E-state index in [1.54, 1.807) is 20.8 Å². The number of amides is 3. The van der Waals surface area contributed by atoms with Crippen molar-refractivity contribution in [2.75, 3.05) is 31.6 Å². The van der Waals surface area contributed by atoms with Gasteiger partial charge in [-0.05, 0) is 39.3 Å². The third-order valence-corrected chi connectivity index (χ3v) is 5.61. The zero-order valence-electron chi connectivity index (χ0n) is 20.2. The molecule has 1 saturated heterocycles. The van der Waals surface area contributed by atoms with Crippen molar-refractivity contribution in [1.82, 2.24) is 19.8 Å². The van der Waals surface area contributed by atoms with Gasteiger partial charge in [-0.15, -0.1) is 0 Å². The molecule has 188 valence electrons. The van der Waals surface area contributed by atoms with Crippen molar-refractivity contribution in [2.24, 2.45) is 0 Å². The van der Waals surface area contributed by atoms with Crippen LogP contribution in [0.25, 0.3) is 0 Å². The van der Waals surface area contributed by atoms with E-state index in [0.29, 0.717) is 24.0 Å². The van der Waals surface area contributed by atoms with E-state index in [2.05, 4.69) is 15.3 Å². The Labute approximate surface area is 202 Å². The van der Waals surface area contributed by atoms with Gasteiger partial charge in [-0.2, -0.15) is 0 Å². The number of aryl methyl sites for hydroxylation is 2. The van der Waals surface area contributed by atoms with Gasteiger partial charge >= 0.3 is 12.0 Å². The maximum atomic E-state index is 13.9. The van der Waals surface area contributed by atoms with Crippen molar-refractivity contribution in [1.29, 1.82) is 0 Å². The molecule has 2 heterocycles. The number of aromatic nitrogens is 2. The molecule has 35 heavy (non-hydrogen) atoms. The second kappa shape index (κ2) is 11.2. The fraction of sp³-hybridized carbons (Fsp3) is 0.458. The van der Waals surface area contributed by atoms with Gasteiger partial charge in [0.2, 0.25) is 0 Å². The lowest BCUT2D eigenvalue weighted by Crippen LogP contribution is -2.56. The van der Waals surface area contributed by atoms with Gasteiger partial charge in [0.1, 0.15) is 28.7 Å². The Morgan fingerprint density at radius 2 is 1.91 bits per heavy atom. The van der Waals surface area contributed by atoms with Crippen LogP contribution in [0.5, 0.6) is 0 Å². The monoisotopic (exact) mass is 489 g/mol. The molecule has 1 aromatic heterocycles. The standard InChI is InChI=1S/C24H29F2N5O4/c1-5-7-19-20(23(33)35-6-2)21(28-15(4)27-19)22(32)30-10-11-31(14(3)13-30)24(34)29-18-9-8-16(25)12-17(18)26/h8-9,12,14H,5-7,10-11,13H2,1-4H3,(H,29,34). The maximum Gasteiger partial charge on any atom is 0.342 e. The number of nitrogens with one attached hydrogen (secondary N) is 1. The molecule has 1 unspecified atom stereocenters. The lowest BCUT2D eigenvalue weighted by Gasteiger charge is -2.39. The Morgan fingerprint density at radius 3 is 2.54 bits per heavy atom. The number of hydrogen-bond acceptors (Lipinski definition) is 6. The topological polar surface area (TPSA) is 105 Å². The first-order valence-corrected chi connectivity index (χ1v) is 11.5. The first-order chi connectivity index (χ1) is 16.7. The molecular weight excluding hydrogens is 460 g/mol. The van der Waals surface area contributed by atoms with Crippen LogP contribution in [0.3, 0.4) is 0 Å². The number of hydrogen-bond donors (Lipinski definition) is 1. The summed E-state index contributed by atoms with van der Waals surface area (Å²) in [5.41, 5.74) is 0.386. The van der Waals surface area contributed by atoms with Crippen molar-refractivity contribution < 1.29 is 27.9 Å². The predicted molar refractivity (Wildman–Crippen MR) is 124 cm³/mol. The normalized spacial score (nSPS) is 15.7. The Morgan fingerprint density at radius 1 is 1.17 bits per heavy atom. The van der Waals surface area contributed by atoms with Crippen LogP contribution in [0.1, 0.15) is 59.6 Å². The van der Waals surface area contributed by atoms with E-state index in [1.165, 1.54) is 9.80 Å². The SMILES string of the molecule is CCCc1nc(C)nc(C(=O)N2CCN(C(=O)Nc3ccc(F)cc3F)C(C)C2)c1C(=O)OCC. The Kier molecular flexibility index (Phi) is 8.31. The van der Waals surface area contributed by atoms with Gasteiger partial charge in [-0.25, -0.2) is 28.3 Å². The average molecular weight is 490 g/mol. The summed E-state index contributed by atoms with van der Waals surface area (Å²) in [4.78, 5) is 50.5. The Hall–Kier alpha value is -3.63. The average Bonchev–Trinajstić information content (AvgIpc) is 2.80. The summed E-state index contributed by atoms with van der Waals surface area (Å²) in [6, 6.07) is 1.91. The summed E-state index contributed by atoms with van der Waals surface area (Å²) < 4.78 is 32.2. The summed E-state index contributed by atoms with van der Waals surface area (Å²) >= 11 is 0. The molecular formula is C24H29F2N5O4. The van der Waals surface area contributed by atoms with Crippen molar-refractivity contribution in [2.45, 2.75) is 46.6 Å². The molecule has 1 fully saturated rings. The summed E-state index contributed by atoms with van der Waals surface area (Å²) in [7, 11) is 0. The van der Waals surface area contributed by atoms with Crippen LogP contribution in [-0.2, 0) is 11.2 Å². The van der Waals surface area contributed by atoms with Gasteiger partial charge in [0.05, 0.1) is 18.0 Å². The number of carbonyl (C=O) groups excluding carboxylic acids is 3. The highest BCUT2D eigenvalue weighted by Crippen LogP contribution is 2.21. The van der Waals surface area contributed by atoms with E-state index < -0.39 is 35.6 Å². The number of rotatable bonds is 6. The quantitative estimate of drug-likeness (QED) is 0.622. The lowest BCUT2D eigenvalue weighted by atomic mass is 10.1. The van der Waals surface area contributed by atoms with Crippen LogP contribution in [0, 0.1) is 18.6 Å². The fourth-order valence-corrected chi connectivity index (χ4v) is 3.99. The molecule has 1 aliphatic rings. The van der Waals surface area contributed by atoms with E-state index in [1.807, 2.05) is 6.92 Å². The molecule has 3 amide bonds. The number of ether oxygens (including phenoxy) is 1. The third kappa shape index (κ3) is 5.90. The van der Waals surface area contributed by atoms with Crippen LogP contribution in [0.15, 0.2) is 18.2 Å². The molecule has 9 nitrogen and oxygen atoms in total. The summed E-state index contributed by atoms with van der Waals surface area (Å²) in [5.74, 6) is -2.35. The highest BCUT2D eigenvalue weighted by Gasteiger charge is 2.34. The molecule has 0 radical (unpaired) electrons. The molecule has 1 aromatic carbocycles. The Bertz CT molecular complexity index is 1130. The molecule has 1 atom stereocenters. The van der Waals surface area contributed by atoms with E-state index >= 15 is 0 Å². The minimum atomic E-state index is -0.881. The van der Waals surface area contributed by atoms with Crippen LogP contribution in [0.2, 0.25) is 0 Å². The van der Waals surface area contributed by atoms with Crippen LogP contribution in [0.4, 0.5) is 19.3 Å². The summed E-state index contributed by atoms with van der Waals surface area (Å²) in [6.07, 6.45) is 1.21. The molecule has 11 heteroatoms. The molecule has 0 spiro atoms. The predicted octanol–water partition coefficient (Wildman–Crippen LogP) is 3.57. The smallest absolute Gasteiger partial charge is 0.342 e. The molecule has 1 aliphatic heterocycles. The molecule has 0 saturated carbocycles. The van der Waals surface area contributed by atoms with E-state index in [4.69, 9.17) is 4.74 Å². The number of nitrogens with zero attached hydrogens (tertiary/aromatic N) is 4. The highest BCUT2D eigenvalue weighted by molar-refractivity contribution is 6.04. The zero-order chi connectivity index (χ0) is 25.7. The fourth-order valence-electron chi connectivity index (χ4n) is 3.99. The summed E-state index contributed by atoms with van der Waals surface area (Å²) in [5, 5.41) is 2.44. The molecule has 0 bridgehead atoms. The van der Waals surface area contributed by atoms with Crippen LogP contribution < -0.4 is 5.32 Å². The number of carbonyl (C=O) groups is 3. The summed E-state index contributed by atoms with van der Waals surface area (Å²) in [6.45, 7) is 7.69. The Balaban J connectivity index is 1.79. The van der Waals surface area contributed by atoms with Crippen molar-refractivity contribution in [3.63, 3.8) is 0 Å². The highest BCUT2D eigenvalue weighted by atomic mass is 19.1. The minimum absolute atomic E-state index is 0.0158. The third-order valence-electron chi connectivity index (χ3n) is 5.61. The molecule has 0 aliphatic carbocycles. The number of esters is 1. The molecule has 1 N–H and O–H groups in total. The van der Waals surface area contributed by atoms with Gasteiger partial charge in [0.25, 0.3) is 5.91 Å². The van der Waals surface area contributed by atoms with Crippen LogP contribution >= 0.6 is 0 Å². The number of anilines is 1. The second-order valence-electron chi connectivity index (χ2n) is 8.26. The van der Waals surface area contributed by atoms with E-state index in [-0.39, 0.29) is 43.2 Å². The number of piperazine rings is 1. The number of benzene rings is 1. The first-order valence-electron chi connectivity index (χ1n) is 11.5. The van der Waals surface area contributed by atoms with Gasteiger partial charge < -0.3 is 19.9 Å². The largest absolute Gasteiger partial charge is 0.462 e. The first kappa shape index (κ1) is 26.0. The number of urea groups is 1.